The molecule has 1 heterocycles. The van der Waals surface area contributed by atoms with Crippen molar-refractivity contribution in [3.05, 3.63) is 0 Å². The number of hydrogen-bond acceptors (Lipinski definition) is 4. The van der Waals surface area contributed by atoms with Crippen LogP contribution in [-0.2, 0) is 19.6 Å². The van der Waals surface area contributed by atoms with Crippen LogP contribution in [-0.4, -0.2) is 54.6 Å². The topological polar surface area (TPSA) is 104 Å². The second kappa shape index (κ2) is 9.22. The summed E-state index contributed by atoms with van der Waals surface area (Å²) in [5.41, 5.74) is 0. The highest BCUT2D eigenvalue weighted by Gasteiger charge is 2.38. The number of carbonyl (C=O) groups excluding carboxylic acids is 1. The van der Waals surface area contributed by atoms with Crippen molar-refractivity contribution in [3.8, 4) is 0 Å². The molecule has 134 valence electrons. The minimum Gasteiger partial charge on any atom is -0.481 e. The first-order valence-corrected chi connectivity index (χ1v) is 9.94. The lowest BCUT2D eigenvalue weighted by atomic mass is 10.0. The van der Waals surface area contributed by atoms with E-state index >= 15 is 0 Å². The number of amides is 1. The van der Waals surface area contributed by atoms with Crippen molar-refractivity contribution >= 4 is 21.9 Å². The lowest BCUT2D eigenvalue weighted by Gasteiger charge is -2.24. The maximum Gasteiger partial charge on any atom is 0.308 e. The van der Waals surface area contributed by atoms with E-state index in [2.05, 4.69) is 5.32 Å². The van der Waals surface area contributed by atoms with Gasteiger partial charge in [-0.25, -0.2) is 8.42 Å². The first-order chi connectivity index (χ1) is 10.8. The van der Waals surface area contributed by atoms with Gasteiger partial charge in [0.1, 0.15) is 6.04 Å². The molecule has 1 saturated heterocycles. The Labute approximate surface area is 138 Å². The molecule has 2 N–H and O–H groups in total. The largest absolute Gasteiger partial charge is 0.481 e. The summed E-state index contributed by atoms with van der Waals surface area (Å²) < 4.78 is 25.9. The average Bonchev–Trinajstić information content (AvgIpc) is 2.99. The average molecular weight is 348 g/mol. The normalized spacial score (nSPS) is 20.3. The molecule has 2 unspecified atom stereocenters. The van der Waals surface area contributed by atoms with Crippen LogP contribution in [0.5, 0.6) is 0 Å². The number of aliphatic carboxylic acids is 1. The van der Waals surface area contributed by atoms with Gasteiger partial charge in [0.05, 0.1) is 11.7 Å². The second-order valence-corrected chi connectivity index (χ2v) is 8.05. The predicted molar refractivity (Wildman–Crippen MR) is 87.5 cm³/mol. The summed E-state index contributed by atoms with van der Waals surface area (Å²) in [5.74, 6) is -1.90. The summed E-state index contributed by atoms with van der Waals surface area (Å²) in [6.07, 6.45) is 3.70. The van der Waals surface area contributed by atoms with Crippen molar-refractivity contribution in [2.75, 3.05) is 18.8 Å². The highest BCUT2D eigenvalue weighted by molar-refractivity contribution is 7.89. The number of rotatable bonds is 10. The number of carbonyl (C=O) groups is 2. The molecule has 0 aromatic rings. The molecule has 0 aliphatic carbocycles. The SMILES string of the molecule is CCCCS(=O)(=O)N1CCCC1C(=O)NCC(CCC)C(=O)O. The number of carboxylic acids is 1. The van der Waals surface area contributed by atoms with E-state index in [1.54, 1.807) is 0 Å². The molecule has 23 heavy (non-hydrogen) atoms. The summed E-state index contributed by atoms with van der Waals surface area (Å²) in [5, 5.41) is 11.7. The molecule has 0 aromatic carbocycles. The van der Waals surface area contributed by atoms with Crippen LogP contribution in [0, 0.1) is 5.92 Å². The number of nitrogens with one attached hydrogen (secondary N) is 1. The Kier molecular flexibility index (Phi) is 7.98. The Hall–Kier alpha value is -1.15. The van der Waals surface area contributed by atoms with E-state index < -0.39 is 28.0 Å². The third-order valence-corrected chi connectivity index (χ3v) is 6.08. The van der Waals surface area contributed by atoms with Crippen LogP contribution in [0.2, 0.25) is 0 Å². The standard InChI is InChI=1S/C15H28N2O5S/c1-3-5-10-23(21,22)17-9-6-8-13(17)14(18)16-11-12(7-4-2)15(19)20/h12-13H,3-11H2,1-2H3,(H,16,18)(H,19,20). The van der Waals surface area contributed by atoms with Crippen LogP contribution >= 0.6 is 0 Å². The lowest BCUT2D eigenvalue weighted by molar-refractivity contribution is -0.142. The molecule has 1 amide bonds. The van der Waals surface area contributed by atoms with Gasteiger partial charge in [0.15, 0.2) is 0 Å². The maximum atomic E-state index is 12.3. The van der Waals surface area contributed by atoms with Crippen molar-refractivity contribution in [1.29, 1.82) is 0 Å². The predicted octanol–water partition coefficient (Wildman–Crippen LogP) is 1.20. The van der Waals surface area contributed by atoms with Crippen LogP contribution in [0.15, 0.2) is 0 Å². The fourth-order valence-corrected chi connectivity index (χ4v) is 4.67. The van der Waals surface area contributed by atoms with Crippen LogP contribution in [0.4, 0.5) is 0 Å². The molecular formula is C15H28N2O5S. The fourth-order valence-electron chi connectivity index (χ4n) is 2.78. The molecule has 1 fully saturated rings. The summed E-state index contributed by atoms with van der Waals surface area (Å²) in [6.45, 7) is 4.21. The van der Waals surface area contributed by atoms with Gasteiger partial charge in [-0.3, -0.25) is 9.59 Å². The summed E-state index contributed by atoms with van der Waals surface area (Å²) >= 11 is 0. The zero-order valence-electron chi connectivity index (χ0n) is 14.0. The summed E-state index contributed by atoms with van der Waals surface area (Å²) in [7, 11) is -3.43. The Balaban J connectivity index is 2.65. The van der Waals surface area contributed by atoms with Gasteiger partial charge in [-0.1, -0.05) is 26.7 Å². The van der Waals surface area contributed by atoms with E-state index in [9.17, 15) is 18.0 Å². The molecule has 1 aliphatic heterocycles. The third kappa shape index (κ3) is 5.76. The van der Waals surface area contributed by atoms with Gasteiger partial charge < -0.3 is 10.4 Å². The van der Waals surface area contributed by atoms with Gasteiger partial charge in [-0.15, -0.1) is 0 Å². The third-order valence-electron chi connectivity index (χ3n) is 4.13. The van der Waals surface area contributed by atoms with Gasteiger partial charge in [0, 0.05) is 13.1 Å². The Morgan fingerprint density at radius 2 is 2.00 bits per heavy atom. The Bertz CT molecular complexity index is 506. The zero-order chi connectivity index (χ0) is 17.5. The van der Waals surface area contributed by atoms with Crippen molar-refractivity contribution in [2.24, 2.45) is 5.92 Å². The number of sulfonamides is 1. The molecule has 0 saturated carbocycles. The van der Waals surface area contributed by atoms with E-state index in [1.807, 2.05) is 13.8 Å². The van der Waals surface area contributed by atoms with Crippen molar-refractivity contribution in [1.82, 2.24) is 9.62 Å². The molecule has 1 rings (SSSR count). The number of nitrogens with zero attached hydrogens (tertiary/aromatic N) is 1. The zero-order valence-corrected chi connectivity index (χ0v) is 14.8. The smallest absolute Gasteiger partial charge is 0.308 e. The van der Waals surface area contributed by atoms with Crippen LogP contribution in [0.3, 0.4) is 0 Å². The first-order valence-electron chi connectivity index (χ1n) is 8.33. The number of carboxylic acid groups (broad SMARTS) is 1. The summed E-state index contributed by atoms with van der Waals surface area (Å²) in [6, 6.07) is -0.701. The van der Waals surface area contributed by atoms with E-state index in [1.165, 1.54) is 4.31 Å². The van der Waals surface area contributed by atoms with Crippen LogP contribution < -0.4 is 5.32 Å². The maximum absolute atomic E-state index is 12.3. The molecule has 0 bridgehead atoms. The minimum atomic E-state index is -3.43. The molecular weight excluding hydrogens is 320 g/mol. The lowest BCUT2D eigenvalue weighted by Crippen LogP contribution is -2.48. The molecule has 1 aliphatic rings. The highest BCUT2D eigenvalue weighted by atomic mass is 32.2. The Morgan fingerprint density at radius 3 is 2.57 bits per heavy atom. The molecule has 0 radical (unpaired) electrons. The fraction of sp³-hybridized carbons (Fsp3) is 0.867. The van der Waals surface area contributed by atoms with E-state index in [4.69, 9.17) is 5.11 Å². The molecule has 2 atom stereocenters. The Morgan fingerprint density at radius 1 is 1.30 bits per heavy atom. The van der Waals surface area contributed by atoms with Gasteiger partial charge >= 0.3 is 5.97 Å². The van der Waals surface area contributed by atoms with Crippen molar-refractivity contribution < 1.29 is 23.1 Å². The van der Waals surface area contributed by atoms with Gasteiger partial charge in [-0.2, -0.15) is 4.31 Å². The molecule has 0 aromatic heterocycles. The van der Waals surface area contributed by atoms with E-state index in [0.717, 1.165) is 6.42 Å². The highest BCUT2D eigenvalue weighted by Crippen LogP contribution is 2.22. The summed E-state index contributed by atoms with van der Waals surface area (Å²) in [4.78, 5) is 23.4. The van der Waals surface area contributed by atoms with Crippen LogP contribution in [0.1, 0.15) is 52.4 Å². The number of unbranched alkanes of at least 4 members (excludes halogenated alkanes) is 1. The number of hydrogen-bond donors (Lipinski definition) is 2. The van der Waals surface area contributed by atoms with Gasteiger partial charge in [0.2, 0.25) is 15.9 Å². The van der Waals surface area contributed by atoms with E-state index in [-0.39, 0.29) is 18.2 Å². The van der Waals surface area contributed by atoms with Gasteiger partial charge in [0.25, 0.3) is 0 Å². The molecule has 8 heteroatoms. The minimum absolute atomic E-state index is 0.0430. The van der Waals surface area contributed by atoms with Crippen molar-refractivity contribution in [3.63, 3.8) is 0 Å². The van der Waals surface area contributed by atoms with E-state index in [0.29, 0.717) is 38.6 Å². The van der Waals surface area contributed by atoms with Crippen molar-refractivity contribution in [2.45, 2.75) is 58.4 Å². The quantitative estimate of drug-likeness (QED) is 0.617. The molecule has 0 spiro atoms. The monoisotopic (exact) mass is 348 g/mol. The second-order valence-electron chi connectivity index (χ2n) is 6.01. The molecule has 7 nitrogen and oxygen atoms in total. The van der Waals surface area contributed by atoms with Gasteiger partial charge in [-0.05, 0) is 25.7 Å². The van der Waals surface area contributed by atoms with Crippen LogP contribution in [0.25, 0.3) is 0 Å². The first kappa shape index (κ1) is 19.9.